The predicted octanol–water partition coefficient (Wildman–Crippen LogP) is 5.54. The van der Waals surface area contributed by atoms with E-state index in [4.69, 9.17) is 26.2 Å². The van der Waals surface area contributed by atoms with Gasteiger partial charge in [-0.1, -0.05) is 44.5 Å². The third kappa shape index (κ3) is 5.85. The lowest BCUT2D eigenvalue weighted by Crippen LogP contribution is -2.07. The third-order valence-electron chi connectivity index (χ3n) is 4.85. The number of aryl methyl sites for hydroxylation is 2. The van der Waals surface area contributed by atoms with Crippen LogP contribution in [0.1, 0.15) is 56.9 Å². The molecule has 0 saturated heterocycles. The number of carbonyl (C=O) groups excluding carboxylic acids is 1. The second-order valence-corrected chi connectivity index (χ2v) is 8.05. The maximum absolute atomic E-state index is 11.4. The summed E-state index contributed by atoms with van der Waals surface area (Å²) in [5.41, 5.74) is 3.23. The Labute approximate surface area is 188 Å². The predicted molar refractivity (Wildman–Crippen MR) is 121 cm³/mol. The lowest BCUT2D eigenvalue weighted by Gasteiger charge is -2.14. The number of halogens is 1. The van der Waals surface area contributed by atoms with Crippen molar-refractivity contribution in [2.75, 3.05) is 6.61 Å². The number of esters is 1. The van der Waals surface area contributed by atoms with Crippen molar-refractivity contribution in [2.24, 2.45) is 0 Å². The first kappa shape index (κ1) is 22.8. The first-order valence-corrected chi connectivity index (χ1v) is 10.9. The summed E-state index contributed by atoms with van der Waals surface area (Å²) in [6.45, 7) is 8.21. The molecule has 0 amide bonds. The van der Waals surface area contributed by atoms with Gasteiger partial charge < -0.3 is 9.47 Å². The van der Waals surface area contributed by atoms with Crippen molar-refractivity contribution in [2.45, 2.75) is 52.9 Å². The average Bonchev–Trinajstić information content (AvgIpc) is 3.16. The van der Waals surface area contributed by atoms with Crippen LogP contribution in [0.15, 0.2) is 42.7 Å². The zero-order valence-corrected chi connectivity index (χ0v) is 19.1. The monoisotopic (exact) mass is 441 g/mol. The zero-order valence-electron chi connectivity index (χ0n) is 18.4. The average molecular weight is 442 g/mol. The summed E-state index contributed by atoms with van der Waals surface area (Å²) in [6, 6.07) is 9.28. The highest BCUT2D eigenvalue weighted by molar-refractivity contribution is 6.30. The number of nitrogens with zero attached hydrogens (tertiary/aromatic N) is 3. The summed E-state index contributed by atoms with van der Waals surface area (Å²) in [4.78, 5) is 15.8. The number of para-hydroxylation sites is 1. The molecule has 2 heterocycles. The molecule has 0 fully saturated rings. The summed E-state index contributed by atoms with van der Waals surface area (Å²) in [7, 11) is 0. The number of rotatable bonds is 9. The Kier molecular flexibility index (Phi) is 7.69. The Morgan fingerprint density at radius 1 is 1.19 bits per heavy atom. The van der Waals surface area contributed by atoms with E-state index < -0.39 is 0 Å². The van der Waals surface area contributed by atoms with Gasteiger partial charge in [0.05, 0.1) is 17.3 Å². The van der Waals surface area contributed by atoms with E-state index >= 15 is 0 Å². The van der Waals surface area contributed by atoms with E-state index in [1.807, 2.05) is 31.3 Å². The first-order chi connectivity index (χ1) is 14.9. The van der Waals surface area contributed by atoms with Gasteiger partial charge in [-0.05, 0) is 54.5 Å². The smallest absolute Gasteiger partial charge is 0.308 e. The Balaban J connectivity index is 1.70. The van der Waals surface area contributed by atoms with Crippen LogP contribution in [0.2, 0.25) is 5.02 Å². The van der Waals surface area contributed by atoms with E-state index in [9.17, 15) is 4.79 Å². The normalized spacial score (nSPS) is 11.0. The molecule has 1 aromatic carbocycles. The molecule has 0 aliphatic heterocycles. The van der Waals surface area contributed by atoms with Crippen LogP contribution < -0.4 is 9.47 Å². The Hall–Kier alpha value is -2.86. The molecule has 31 heavy (non-hydrogen) atoms. The van der Waals surface area contributed by atoms with Crippen molar-refractivity contribution in [3.05, 3.63) is 64.6 Å². The molecule has 3 aromatic rings. The minimum absolute atomic E-state index is 0.292. The number of hydrogen-bond donors (Lipinski definition) is 0. The van der Waals surface area contributed by atoms with Gasteiger partial charge in [-0.25, -0.2) is 9.67 Å². The van der Waals surface area contributed by atoms with E-state index in [1.54, 1.807) is 23.0 Å². The van der Waals surface area contributed by atoms with Gasteiger partial charge in [0.1, 0.15) is 0 Å². The lowest BCUT2D eigenvalue weighted by atomic mass is 10.0. The number of ether oxygens (including phenoxy) is 2. The van der Waals surface area contributed by atoms with Crippen molar-refractivity contribution in [3.8, 4) is 17.3 Å². The molecule has 7 heteroatoms. The molecule has 2 aromatic heterocycles. The molecule has 0 radical (unpaired) electrons. The number of benzene rings is 1. The highest BCUT2D eigenvalue weighted by Crippen LogP contribution is 2.32. The zero-order chi connectivity index (χ0) is 22.4. The fourth-order valence-corrected chi connectivity index (χ4v) is 3.51. The van der Waals surface area contributed by atoms with Gasteiger partial charge >= 0.3 is 5.97 Å². The molecule has 0 aliphatic rings. The largest absolute Gasteiger partial charge is 0.489 e. The number of carbonyl (C=O) groups is 1. The number of aromatic nitrogens is 3. The molecule has 3 rings (SSSR count). The van der Waals surface area contributed by atoms with Gasteiger partial charge in [-0.15, -0.1) is 0 Å². The third-order valence-corrected chi connectivity index (χ3v) is 5.07. The molecule has 0 N–H and O–H groups in total. The quantitative estimate of drug-likeness (QED) is 0.247. The Bertz CT molecular complexity index is 1030. The van der Waals surface area contributed by atoms with E-state index in [0.717, 1.165) is 36.3 Å². The molecule has 6 nitrogen and oxygen atoms in total. The molecule has 164 valence electrons. The van der Waals surface area contributed by atoms with Crippen LogP contribution in [0.25, 0.3) is 5.82 Å². The molecular weight excluding hydrogens is 414 g/mol. The topological polar surface area (TPSA) is 66.2 Å². The molecule has 0 bridgehead atoms. The summed E-state index contributed by atoms with van der Waals surface area (Å²) in [5, 5.41) is 5.33. The van der Waals surface area contributed by atoms with E-state index in [2.05, 4.69) is 18.8 Å². The Morgan fingerprint density at radius 2 is 2.00 bits per heavy atom. The number of hydrogen-bond acceptors (Lipinski definition) is 5. The maximum Gasteiger partial charge on any atom is 0.308 e. The minimum atomic E-state index is -0.358. The van der Waals surface area contributed by atoms with Crippen molar-refractivity contribution in [1.29, 1.82) is 0 Å². The first-order valence-electron chi connectivity index (χ1n) is 10.5. The minimum Gasteiger partial charge on any atom is -0.489 e. The van der Waals surface area contributed by atoms with Gasteiger partial charge in [-0.2, -0.15) is 5.10 Å². The van der Waals surface area contributed by atoms with Crippen molar-refractivity contribution in [3.63, 3.8) is 0 Å². The molecule has 0 aliphatic carbocycles. The summed E-state index contributed by atoms with van der Waals surface area (Å²) in [5.74, 6) is 1.78. The van der Waals surface area contributed by atoms with E-state index in [1.165, 1.54) is 12.5 Å². The van der Waals surface area contributed by atoms with Crippen LogP contribution in [0, 0.1) is 0 Å². The van der Waals surface area contributed by atoms with E-state index in [-0.39, 0.29) is 5.97 Å². The van der Waals surface area contributed by atoms with Gasteiger partial charge in [0.15, 0.2) is 17.3 Å². The second kappa shape index (κ2) is 10.4. The van der Waals surface area contributed by atoms with Crippen LogP contribution in [-0.2, 0) is 17.6 Å². The van der Waals surface area contributed by atoms with Crippen LogP contribution in [0.4, 0.5) is 0 Å². The highest BCUT2D eigenvalue weighted by Gasteiger charge is 2.15. The van der Waals surface area contributed by atoms with Crippen molar-refractivity contribution >= 4 is 17.6 Å². The molecular formula is C24H28ClN3O3. The second-order valence-electron chi connectivity index (χ2n) is 7.62. The Morgan fingerprint density at radius 3 is 2.65 bits per heavy atom. The van der Waals surface area contributed by atoms with Gasteiger partial charge in [0, 0.05) is 19.3 Å². The number of pyridine rings is 1. The highest BCUT2D eigenvalue weighted by atomic mass is 35.5. The van der Waals surface area contributed by atoms with Crippen molar-refractivity contribution in [1.82, 2.24) is 14.8 Å². The molecule has 0 spiro atoms. The van der Waals surface area contributed by atoms with Gasteiger partial charge in [0.2, 0.25) is 0 Å². The van der Waals surface area contributed by atoms with Crippen molar-refractivity contribution < 1.29 is 14.3 Å². The molecule has 0 atom stereocenters. The van der Waals surface area contributed by atoms with Crippen LogP contribution in [0.5, 0.6) is 11.5 Å². The van der Waals surface area contributed by atoms with Gasteiger partial charge in [0.25, 0.3) is 0 Å². The molecule has 0 saturated carbocycles. The SMILES string of the molecule is CCc1cccc(OC(C)=O)c1OCCCc1cn(-c2ccc(Cl)cn2)nc1C(C)C. The van der Waals surface area contributed by atoms with Crippen LogP contribution in [-0.4, -0.2) is 27.3 Å². The summed E-state index contributed by atoms with van der Waals surface area (Å²) >= 11 is 5.95. The standard InChI is InChI=1S/C24H28ClN3O3/c1-5-18-8-6-10-21(31-17(4)29)24(18)30-13-7-9-19-15-28(27-23(19)16(2)3)22-12-11-20(25)14-26-22/h6,8,10-12,14-16H,5,7,9,13H2,1-4H3. The summed E-state index contributed by atoms with van der Waals surface area (Å²) < 4.78 is 13.2. The maximum atomic E-state index is 11.4. The fourth-order valence-electron chi connectivity index (χ4n) is 3.40. The lowest BCUT2D eigenvalue weighted by molar-refractivity contribution is -0.132. The van der Waals surface area contributed by atoms with Crippen LogP contribution in [0.3, 0.4) is 0 Å². The summed E-state index contributed by atoms with van der Waals surface area (Å²) in [6.07, 6.45) is 6.06. The van der Waals surface area contributed by atoms with Gasteiger partial charge in [-0.3, -0.25) is 4.79 Å². The van der Waals surface area contributed by atoms with Crippen LogP contribution >= 0.6 is 11.6 Å². The fraction of sp³-hybridized carbons (Fsp3) is 0.375. The molecule has 0 unspecified atom stereocenters. The van der Waals surface area contributed by atoms with E-state index in [0.29, 0.717) is 29.0 Å².